The van der Waals surface area contributed by atoms with Gasteiger partial charge in [0, 0.05) is 11.8 Å². The van der Waals surface area contributed by atoms with Gasteiger partial charge in [-0.1, -0.05) is 18.2 Å². The third-order valence-corrected chi connectivity index (χ3v) is 1.88. The Hall–Kier alpha value is -1.75. The summed E-state index contributed by atoms with van der Waals surface area (Å²) in [5.74, 6) is 0. The minimum Gasteiger partial charge on any atom is -0.256 e. The zero-order valence-electron chi connectivity index (χ0n) is 6.49. The molecule has 2 rings (SSSR count). The van der Waals surface area contributed by atoms with Gasteiger partial charge in [0.1, 0.15) is 0 Å². The number of rotatable bonds is 1. The van der Waals surface area contributed by atoms with Crippen molar-refractivity contribution in [2.45, 2.75) is 6.42 Å². The Morgan fingerprint density at radius 3 is 3.00 bits per heavy atom. The van der Waals surface area contributed by atoms with Crippen LogP contribution in [-0.4, -0.2) is 0 Å². The molecule has 0 bridgehead atoms. The van der Waals surface area contributed by atoms with Gasteiger partial charge >= 0.3 is 0 Å². The molecule has 0 unspecified atom stereocenters. The van der Waals surface area contributed by atoms with Crippen LogP contribution in [0.5, 0.6) is 0 Å². The molecule has 0 saturated heterocycles. The summed E-state index contributed by atoms with van der Waals surface area (Å²) in [5.41, 5.74) is 3.09. The Morgan fingerprint density at radius 1 is 1.33 bits per heavy atom. The number of nitriles is 1. The van der Waals surface area contributed by atoms with Gasteiger partial charge in [-0.2, -0.15) is 5.26 Å². The van der Waals surface area contributed by atoms with Crippen molar-refractivity contribution in [3.05, 3.63) is 36.0 Å². The molecule has 0 spiro atoms. The molecule has 1 aliphatic rings. The number of allylic oxidation sites excluding steroid dienone is 1. The Bertz CT molecular complexity index is 372. The minimum absolute atomic E-state index is 0.445. The number of benzene rings is 1. The summed E-state index contributed by atoms with van der Waals surface area (Å²) >= 11 is 0. The van der Waals surface area contributed by atoms with E-state index in [0.29, 0.717) is 6.42 Å². The first-order chi connectivity index (χ1) is 5.92. The highest BCUT2D eigenvalue weighted by Gasteiger charge is 2.12. The third-order valence-electron chi connectivity index (χ3n) is 1.88. The first-order valence-corrected chi connectivity index (χ1v) is 3.78. The van der Waals surface area contributed by atoms with Gasteiger partial charge in [0.05, 0.1) is 18.2 Å². The topological polar surface area (TPSA) is 37.9 Å². The van der Waals surface area contributed by atoms with Gasteiger partial charge in [-0.15, -0.1) is 0 Å². The zero-order valence-corrected chi connectivity index (χ0v) is 6.49. The van der Waals surface area contributed by atoms with E-state index in [1.54, 1.807) is 6.20 Å². The van der Waals surface area contributed by atoms with E-state index in [9.17, 15) is 0 Å². The molecule has 1 radical (unpaired) electrons. The predicted octanol–water partition coefficient (Wildman–Crippen LogP) is 2.19. The fourth-order valence-electron chi connectivity index (χ4n) is 1.30. The van der Waals surface area contributed by atoms with Gasteiger partial charge in [0.15, 0.2) is 0 Å². The van der Waals surface area contributed by atoms with Crippen LogP contribution < -0.4 is 5.32 Å². The van der Waals surface area contributed by atoms with E-state index < -0.39 is 0 Å². The summed E-state index contributed by atoms with van der Waals surface area (Å²) in [4.78, 5) is 0. The van der Waals surface area contributed by atoms with E-state index in [1.807, 2.05) is 24.3 Å². The van der Waals surface area contributed by atoms with Gasteiger partial charge in [0.25, 0.3) is 0 Å². The van der Waals surface area contributed by atoms with Crippen LogP contribution in [0.3, 0.4) is 0 Å². The normalized spacial score (nSPS) is 12.8. The molecule has 0 saturated carbocycles. The molecule has 57 valence electrons. The highest BCUT2D eigenvalue weighted by atomic mass is 14.9. The average Bonchev–Trinajstić information content (AvgIpc) is 2.50. The second kappa shape index (κ2) is 2.71. The molecule has 0 atom stereocenters. The molecule has 0 aliphatic carbocycles. The Morgan fingerprint density at radius 2 is 2.17 bits per heavy atom. The first kappa shape index (κ1) is 6.93. The molecule has 0 aromatic heterocycles. The maximum atomic E-state index is 8.52. The average molecular weight is 155 g/mol. The lowest BCUT2D eigenvalue weighted by Crippen LogP contribution is -1.80. The van der Waals surface area contributed by atoms with Crippen molar-refractivity contribution in [3.63, 3.8) is 0 Å². The van der Waals surface area contributed by atoms with Crippen molar-refractivity contribution in [2.75, 3.05) is 0 Å². The van der Waals surface area contributed by atoms with E-state index in [4.69, 9.17) is 5.26 Å². The van der Waals surface area contributed by atoms with Crippen molar-refractivity contribution >= 4 is 11.3 Å². The van der Waals surface area contributed by atoms with Gasteiger partial charge in [0.2, 0.25) is 0 Å². The van der Waals surface area contributed by atoms with Gasteiger partial charge in [-0.05, 0) is 11.6 Å². The van der Waals surface area contributed by atoms with Gasteiger partial charge in [-0.25, -0.2) is 0 Å². The van der Waals surface area contributed by atoms with E-state index in [1.165, 1.54) is 0 Å². The van der Waals surface area contributed by atoms with Crippen molar-refractivity contribution < 1.29 is 0 Å². The fourth-order valence-corrected chi connectivity index (χ4v) is 1.30. The standard InChI is InChI=1S/C10H7N2/c11-6-5-8-7-12-10-4-2-1-3-9(8)10/h1-4,7H,5H2. The molecule has 1 aromatic carbocycles. The minimum atomic E-state index is 0.445. The lowest BCUT2D eigenvalue weighted by Gasteiger charge is -1.97. The molecule has 0 N–H and O–H groups in total. The lowest BCUT2D eigenvalue weighted by molar-refractivity contribution is 1.21. The van der Waals surface area contributed by atoms with Crippen molar-refractivity contribution in [3.8, 4) is 6.07 Å². The predicted molar refractivity (Wildman–Crippen MR) is 46.4 cm³/mol. The quantitative estimate of drug-likeness (QED) is 0.612. The van der Waals surface area contributed by atoms with Crippen LogP contribution in [0.1, 0.15) is 12.0 Å². The number of hydrogen-bond acceptors (Lipinski definition) is 1. The molecule has 0 amide bonds. The van der Waals surface area contributed by atoms with E-state index >= 15 is 0 Å². The van der Waals surface area contributed by atoms with Crippen LogP contribution in [-0.2, 0) is 0 Å². The second-order valence-corrected chi connectivity index (χ2v) is 2.64. The summed E-state index contributed by atoms with van der Waals surface area (Å²) in [6, 6.07) is 9.98. The Balaban J connectivity index is 2.40. The Kier molecular flexibility index (Phi) is 1.56. The highest BCUT2D eigenvalue weighted by molar-refractivity contribution is 5.79. The lowest BCUT2D eigenvalue weighted by atomic mass is 10.1. The van der Waals surface area contributed by atoms with Crippen LogP contribution in [0.25, 0.3) is 5.57 Å². The Labute approximate surface area is 71.1 Å². The largest absolute Gasteiger partial charge is 0.256 e. The molecular formula is C10H7N2. The second-order valence-electron chi connectivity index (χ2n) is 2.64. The first-order valence-electron chi connectivity index (χ1n) is 3.78. The number of para-hydroxylation sites is 1. The van der Waals surface area contributed by atoms with Crippen LogP contribution in [0.15, 0.2) is 30.5 Å². The van der Waals surface area contributed by atoms with E-state index in [-0.39, 0.29) is 0 Å². The van der Waals surface area contributed by atoms with Crippen LogP contribution in [0.4, 0.5) is 5.69 Å². The number of hydrogen-bond donors (Lipinski definition) is 0. The van der Waals surface area contributed by atoms with Crippen molar-refractivity contribution in [1.29, 1.82) is 5.26 Å². The molecular weight excluding hydrogens is 148 g/mol. The smallest absolute Gasteiger partial charge is 0.0705 e. The van der Waals surface area contributed by atoms with Crippen molar-refractivity contribution in [1.82, 2.24) is 5.32 Å². The summed E-state index contributed by atoms with van der Waals surface area (Å²) < 4.78 is 0. The summed E-state index contributed by atoms with van der Waals surface area (Å²) in [6.45, 7) is 0. The van der Waals surface area contributed by atoms with E-state index in [2.05, 4.69) is 11.4 Å². The molecule has 12 heavy (non-hydrogen) atoms. The monoisotopic (exact) mass is 155 g/mol. The molecule has 1 aliphatic heterocycles. The molecule has 2 nitrogen and oxygen atoms in total. The van der Waals surface area contributed by atoms with Gasteiger partial charge < -0.3 is 0 Å². The van der Waals surface area contributed by atoms with Crippen molar-refractivity contribution in [2.24, 2.45) is 0 Å². The zero-order chi connectivity index (χ0) is 8.39. The SMILES string of the molecule is N#CCC1=C[N]c2ccccc21. The summed E-state index contributed by atoms with van der Waals surface area (Å²) in [7, 11) is 0. The number of fused-ring (bicyclic) bond motifs is 1. The number of nitrogens with zero attached hydrogens (tertiary/aromatic N) is 2. The maximum Gasteiger partial charge on any atom is 0.0705 e. The third kappa shape index (κ3) is 0.960. The summed E-state index contributed by atoms with van der Waals surface area (Å²) in [6.07, 6.45) is 2.22. The van der Waals surface area contributed by atoms with Crippen LogP contribution in [0, 0.1) is 11.3 Å². The fraction of sp³-hybridized carbons (Fsp3) is 0.100. The molecule has 0 fully saturated rings. The highest BCUT2D eigenvalue weighted by Crippen LogP contribution is 2.31. The maximum absolute atomic E-state index is 8.52. The van der Waals surface area contributed by atoms with E-state index in [0.717, 1.165) is 16.8 Å². The molecule has 1 heterocycles. The molecule has 1 aromatic rings. The van der Waals surface area contributed by atoms with Crippen LogP contribution >= 0.6 is 0 Å². The van der Waals surface area contributed by atoms with Gasteiger partial charge in [-0.3, -0.25) is 5.32 Å². The molecule has 2 heteroatoms. The summed E-state index contributed by atoms with van der Waals surface area (Å²) in [5, 5.41) is 12.7. The van der Waals surface area contributed by atoms with Crippen LogP contribution in [0.2, 0.25) is 0 Å².